The van der Waals surface area contributed by atoms with E-state index in [0.29, 0.717) is 16.6 Å². The van der Waals surface area contributed by atoms with Gasteiger partial charge in [-0.2, -0.15) is 0 Å². The highest BCUT2D eigenvalue weighted by atomic mass is 16.6. The summed E-state index contributed by atoms with van der Waals surface area (Å²) in [4.78, 5) is 28.3. The van der Waals surface area contributed by atoms with Crippen LogP contribution in [0.1, 0.15) is 65.8 Å². The maximum atomic E-state index is 12.2. The molecular weight excluding hydrogens is 334 g/mol. The largest absolute Gasteiger partial charge is 0.464 e. The predicted molar refractivity (Wildman–Crippen MR) is 99.6 cm³/mol. The van der Waals surface area contributed by atoms with Crippen molar-refractivity contribution in [2.24, 2.45) is 0 Å². The second-order valence-electron chi connectivity index (χ2n) is 8.39. The Bertz CT molecular complexity index is 841. The number of hydrogen-bond acceptors (Lipinski definition) is 4. The molecule has 0 aliphatic heterocycles. The van der Waals surface area contributed by atoms with Crippen LogP contribution in [0.4, 0.5) is 9.59 Å². The van der Waals surface area contributed by atoms with Gasteiger partial charge in [0.25, 0.3) is 0 Å². The SMILES string of the molecule is CC(NC(=O)OC(C)(C)C)c1c(C(C)(C)C)n(C(=O)O)c2ccncc12. The zero-order valence-corrected chi connectivity index (χ0v) is 16.4. The number of carbonyl (C=O) groups is 2. The summed E-state index contributed by atoms with van der Waals surface area (Å²) in [6, 6.07) is 1.22. The fourth-order valence-electron chi connectivity index (χ4n) is 3.09. The van der Waals surface area contributed by atoms with Gasteiger partial charge in [0, 0.05) is 34.5 Å². The van der Waals surface area contributed by atoms with Gasteiger partial charge in [0.2, 0.25) is 0 Å². The quantitative estimate of drug-likeness (QED) is 0.824. The molecule has 7 nitrogen and oxygen atoms in total. The number of rotatable bonds is 2. The van der Waals surface area contributed by atoms with Crippen molar-refractivity contribution < 1.29 is 19.4 Å². The fraction of sp³-hybridized carbons (Fsp3) is 0.526. The third-order valence-corrected chi connectivity index (χ3v) is 3.88. The van der Waals surface area contributed by atoms with Crippen molar-refractivity contribution in [1.82, 2.24) is 14.9 Å². The first-order chi connectivity index (χ1) is 11.8. The lowest BCUT2D eigenvalue weighted by Gasteiger charge is -2.26. The zero-order valence-electron chi connectivity index (χ0n) is 16.4. The summed E-state index contributed by atoms with van der Waals surface area (Å²) in [5.74, 6) is 0. The van der Waals surface area contributed by atoms with E-state index in [-0.39, 0.29) is 0 Å². The number of nitrogens with zero attached hydrogens (tertiary/aromatic N) is 2. The van der Waals surface area contributed by atoms with Crippen LogP contribution in [0.5, 0.6) is 0 Å². The first kappa shape index (κ1) is 19.8. The Hall–Kier alpha value is -2.57. The number of pyridine rings is 1. The van der Waals surface area contributed by atoms with Crippen LogP contribution in [0, 0.1) is 0 Å². The van der Waals surface area contributed by atoms with E-state index in [2.05, 4.69) is 10.3 Å². The average molecular weight is 361 g/mol. The minimum Gasteiger partial charge on any atom is -0.464 e. The summed E-state index contributed by atoms with van der Waals surface area (Å²) < 4.78 is 6.61. The third kappa shape index (κ3) is 3.98. The van der Waals surface area contributed by atoms with Gasteiger partial charge in [0.1, 0.15) is 5.60 Å². The Balaban J connectivity index is 2.62. The van der Waals surface area contributed by atoms with E-state index in [0.717, 1.165) is 5.56 Å². The molecule has 0 radical (unpaired) electrons. The van der Waals surface area contributed by atoms with Crippen molar-refractivity contribution in [1.29, 1.82) is 0 Å². The number of nitrogens with one attached hydrogen (secondary N) is 1. The summed E-state index contributed by atoms with van der Waals surface area (Å²) in [5.41, 5.74) is 0.819. The molecule has 2 heterocycles. The smallest absolute Gasteiger partial charge is 0.416 e. The molecule has 2 aromatic rings. The van der Waals surface area contributed by atoms with Crippen LogP contribution in [0.15, 0.2) is 18.5 Å². The summed E-state index contributed by atoms with van der Waals surface area (Å²) in [6.45, 7) is 13.0. The molecule has 1 unspecified atom stereocenters. The van der Waals surface area contributed by atoms with Gasteiger partial charge in [-0.05, 0) is 33.8 Å². The van der Waals surface area contributed by atoms with Crippen LogP contribution in [0.25, 0.3) is 10.9 Å². The second-order valence-corrected chi connectivity index (χ2v) is 8.39. The van der Waals surface area contributed by atoms with E-state index in [9.17, 15) is 14.7 Å². The molecule has 0 aliphatic rings. The minimum atomic E-state index is -1.07. The van der Waals surface area contributed by atoms with E-state index >= 15 is 0 Å². The summed E-state index contributed by atoms with van der Waals surface area (Å²) in [5, 5.41) is 13.3. The van der Waals surface area contributed by atoms with Crippen molar-refractivity contribution in [3.05, 3.63) is 29.7 Å². The van der Waals surface area contributed by atoms with Crippen LogP contribution in [-0.2, 0) is 10.2 Å². The van der Waals surface area contributed by atoms with Crippen LogP contribution >= 0.6 is 0 Å². The Morgan fingerprint density at radius 3 is 2.35 bits per heavy atom. The van der Waals surface area contributed by atoms with Gasteiger partial charge >= 0.3 is 12.2 Å². The normalized spacial score (nSPS) is 13.5. The van der Waals surface area contributed by atoms with Crippen molar-refractivity contribution in [2.75, 3.05) is 0 Å². The summed E-state index contributed by atoms with van der Waals surface area (Å²) in [7, 11) is 0. The van der Waals surface area contributed by atoms with Gasteiger partial charge in [0.15, 0.2) is 0 Å². The lowest BCUT2D eigenvalue weighted by molar-refractivity contribution is 0.0508. The first-order valence-corrected chi connectivity index (χ1v) is 8.54. The van der Waals surface area contributed by atoms with E-state index in [1.54, 1.807) is 39.2 Å². The highest BCUT2D eigenvalue weighted by Gasteiger charge is 2.32. The lowest BCUT2D eigenvalue weighted by atomic mass is 9.86. The summed E-state index contributed by atoms with van der Waals surface area (Å²) in [6.07, 6.45) is 1.57. The van der Waals surface area contributed by atoms with Crippen LogP contribution in [-0.4, -0.2) is 32.4 Å². The maximum absolute atomic E-state index is 12.2. The highest BCUT2D eigenvalue weighted by molar-refractivity contribution is 5.93. The molecule has 2 aromatic heterocycles. The van der Waals surface area contributed by atoms with Crippen molar-refractivity contribution in [3.8, 4) is 0 Å². The first-order valence-electron chi connectivity index (χ1n) is 8.54. The lowest BCUT2D eigenvalue weighted by Crippen LogP contribution is -2.35. The third-order valence-electron chi connectivity index (χ3n) is 3.88. The number of hydrogen-bond donors (Lipinski definition) is 2. The second kappa shape index (κ2) is 6.63. The Morgan fingerprint density at radius 1 is 1.23 bits per heavy atom. The van der Waals surface area contributed by atoms with E-state index in [1.165, 1.54) is 4.57 Å². The van der Waals surface area contributed by atoms with Gasteiger partial charge in [-0.25, -0.2) is 14.2 Å². The molecule has 2 N–H and O–H groups in total. The summed E-state index contributed by atoms with van der Waals surface area (Å²) >= 11 is 0. The zero-order chi connectivity index (χ0) is 19.9. The van der Waals surface area contributed by atoms with E-state index < -0.39 is 29.2 Å². The van der Waals surface area contributed by atoms with Crippen LogP contribution in [0.2, 0.25) is 0 Å². The minimum absolute atomic E-state index is 0.452. The standard InChI is InChI=1S/C19H27N3O4/c1-11(21-16(23)26-19(5,6)7)14-12-10-20-9-8-13(12)22(17(24)25)15(14)18(2,3)4/h8-11H,1-7H3,(H,21,23)(H,24,25). The Kier molecular flexibility index (Phi) is 5.03. The van der Waals surface area contributed by atoms with Gasteiger partial charge in [0.05, 0.1) is 11.6 Å². The number of carboxylic acid groups (broad SMARTS) is 1. The molecule has 7 heteroatoms. The molecule has 1 amide bonds. The molecule has 0 saturated carbocycles. The van der Waals surface area contributed by atoms with Crippen molar-refractivity contribution >= 4 is 23.1 Å². The van der Waals surface area contributed by atoms with Crippen molar-refractivity contribution in [3.63, 3.8) is 0 Å². The molecule has 0 fully saturated rings. The average Bonchev–Trinajstić information content (AvgIpc) is 2.80. The molecule has 0 spiro atoms. The monoisotopic (exact) mass is 361 g/mol. The van der Waals surface area contributed by atoms with Crippen LogP contribution in [0.3, 0.4) is 0 Å². The Labute approximate surface area is 153 Å². The molecule has 0 aromatic carbocycles. The van der Waals surface area contributed by atoms with E-state index in [4.69, 9.17) is 4.74 Å². The number of amides is 1. The molecule has 0 bridgehead atoms. The number of alkyl carbamates (subject to hydrolysis) is 1. The molecule has 0 saturated heterocycles. The van der Waals surface area contributed by atoms with Gasteiger partial charge in [-0.1, -0.05) is 20.8 Å². The van der Waals surface area contributed by atoms with Gasteiger partial charge in [-0.15, -0.1) is 0 Å². The molecule has 2 rings (SSSR count). The van der Waals surface area contributed by atoms with Gasteiger partial charge < -0.3 is 15.2 Å². The Morgan fingerprint density at radius 2 is 1.85 bits per heavy atom. The molecule has 142 valence electrons. The fourth-order valence-corrected chi connectivity index (χ4v) is 3.09. The molecule has 1 atom stereocenters. The topological polar surface area (TPSA) is 93.5 Å². The highest BCUT2D eigenvalue weighted by Crippen LogP contribution is 2.37. The maximum Gasteiger partial charge on any atom is 0.416 e. The number of carbonyl (C=O) groups excluding carboxylic acids is 1. The van der Waals surface area contributed by atoms with Crippen LogP contribution < -0.4 is 5.32 Å². The van der Waals surface area contributed by atoms with Gasteiger partial charge in [-0.3, -0.25) is 4.98 Å². The van der Waals surface area contributed by atoms with E-state index in [1.807, 2.05) is 27.7 Å². The molecule has 0 aliphatic carbocycles. The number of fused-ring (bicyclic) bond motifs is 1. The molecular formula is C19H27N3O4. The molecule has 26 heavy (non-hydrogen) atoms. The number of aromatic nitrogens is 2. The van der Waals surface area contributed by atoms with Crippen molar-refractivity contribution in [2.45, 2.75) is 65.5 Å². The number of ether oxygens (including phenoxy) is 1. The predicted octanol–water partition coefficient (Wildman–Crippen LogP) is 4.45.